The van der Waals surface area contributed by atoms with Crippen molar-refractivity contribution in [3.63, 3.8) is 0 Å². The van der Waals surface area contributed by atoms with E-state index in [9.17, 15) is 4.79 Å². The first-order chi connectivity index (χ1) is 14.7. The Morgan fingerprint density at radius 1 is 1.23 bits per heavy atom. The third-order valence-corrected chi connectivity index (χ3v) is 7.17. The number of hydrogen-bond donors (Lipinski definition) is 0. The molecule has 7 heteroatoms. The highest BCUT2D eigenvalue weighted by Crippen LogP contribution is 2.32. The first-order valence-electron chi connectivity index (χ1n) is 10.4. The summed E-state index contributed by atoms with van der Waals surface area (Å²) in [5.41, 5.74) is 2.90. The molecule has 158 valence electrons. The minimum absolute atomic E-state index is 0.0237. The number of aryl methyl sites for hydroxylation is 1. The summed E-state index contributed by atoms with van der Waals surface area (Å²) < 4.78 is 6.58. The average molecular weight is 442 g/mol. The molecule has 0 saturated carbocycles. The van der Waals surface area contributed by atoms with Crippen molar-refractivity contribution in [3.05, 3.63) is 53.6 Å². The molecular formula is C23H27N3O2S2. The van der Waals surface area contributed by atoms with Gasteiger partial charge in [0.05, 0.1) is 29.0 Å². The highest BCUT2D eigenvalue weighted by molar-refractivity contribution is 7.99. The predicted molar refractivity (Wildman–Crippen MR) is 126 cm³/mol. The molecule has 0 radical (unpaired) electrons. The minimum atomic E-state index is 0.0237. The maximum Gasteiger partial charge on any atom is 0.261 e. The summed E-state index contributed by atoms with van der Waals surface area (Å²) in [6.45, 7) is 8.94. The molecule has 1 amide bonds. The zero-order valence-electron chi connectivity index (χ0n) is 17.5. The molecule has 4 rings (SSSR count). The highest BCUT2D eigenvalue weighted by atomic mass is 32.2. The van der Waals surface area contributed by atoms with Crippen molar-refractivity contribution in [2.75, 3.05) is 50.0 Å². The molecule has 1 aromatic heterocycles. The number of thioether (sulfide) groups is 1. The fourth-order valence-electron chi connectivity index (χ4n) is 3.56. The van der Waals surface area contributed by atoms with Gasteiger partial charge in [-0.25, -0.2) is 4.98 Å². The van der Waals surface area contributed by atoms with Gasteiger partial charge in [0.2, 0.25) is 0 Å². The Morgan fingerprint density at radius 2 is 2.03 bits per heavy atom. The molecular weight excluding hydrogens is 414 g/mol. The summed E-state index contributed by atoms with van der Waals surface area (Å²) in [6.07, 6.45) is 0. The minimum Gasteiger partial charge on any atom is -0.379 e. The lowest BCUT2D eigenvalue weighted by Gasteiger charge is -2.29. The number of ether oxygens (including phenoxy) is 1. The van der Waals surface area contributed by atoms with E-state index in [4.69, 9.17) is 9.72 Å². The first-order valence-corrected chi connectivity index (χ1v) is 12.2. The van der Waals surface area contributed by atoms with Crippen LogP contribution >= 0.6 is 23.1 Å². The molecule has 1 fully saturated rings. The molecule has 0 aliphatic carbocycles. The molecule has 5 nitrogen and oxygen atoms in total. The standard InChI is InChI=1S/C23H27N3O2S2/c1-3-29-20-7-5-4-6-18(20)22(27)26(11-10-25-12-14-28-15-13-25)23-24-19-9-8-17(2)16-21(19)30-23/h4-9,16H,3,10-15H2,1-2H3. The van der Waals surface area contributed by atoms with Crippen LogP contribution in [-0.4, -0.2) is 60.9 Å². The Balaban J connectivity index is 1.66. The van der Waals surface area contributed by atoms with Gasteiger partial charge in [0, 0.05) is 31.1 Å². The molecule has 0 N–H and O–H groups in total. The van der Waals surface area contributed by atoms with Gasteiger partial charge in [-0.3, -0.25) is 14.6 Å². The third-order valence-electron chi connectivity index (χ3n) is 5.17. The number of rotatable bonds is 7. The van der Waals surface area contributed by atoms with Crippen LogP contribution in [0, 0.1) is 6.92 Å². The van der Waals surface area contributed by atoms with E-state index in [0.717, 1.165) is 64.4 Å². The Morgan fingerprint density at radius 3 is 2.83 bits per heavy atom. The predicted octanol–water partition coefficient (Wildman–Crippen LogP) is 4.70. The number of benzene rings is 2. The summed E-state index contributed by atoms with van der Waals surface area (Å²) >= 11 is 3.30. The number of thiazole rings is 1. The van der Waals surface area contributed by atoms with E-state index >= 15 is 0 Å². The molecule has 3 aromatic rings. The van der Waals surface area contributed by atoms with E-state index in [-0.39, 0.29) is 5.91 Å². The molecule has 0 bridgehead atoms. The highest BCUT2D eigenvalue weighted by Gasteiger charge is 2.24. The van der Waals surface area contributed by atoms with Gasteiger partial charge in [-0.05, 0) is 42.5 Å². The maximum atomic E-state index is 13.7. The van der Waals surface area contributed by atoms with Crippen LogP contribution in [0.15, 0.2) is 47.4 Å². The van der Waals surface area contributed by atoms with Crippen LogP contribution in [-0.2, 0) is 4.74 Å². The number of carbonyl (C=O) groups is 1. The number of morpholine rings is 1. The second kappa shape index (κ2) is 9.92. The number of aromatic nitrogens is 1. The van der Waals surface area contributed by atoms with Gasteiger partial charge >= 0.3 is 0 Å². The molecule has 2 heterocycles. The van der Waals surface area contributed by atoms with E-state index in [2.05, 4.69) is 30.9 Å². The zero-order valence-corrected chi connectivity index (χ0v) is 19.1. The summed E-state index contributed by atoms with van der Waals surface area (Å²) in [5.74, 6) is 0.953. The van der Waals surface area contributed by atoms with Gasteiger partial charge in [-0.1, -0.05) is 36.5 Å². The van der Waals surface area contributed by atoms with Crippen LogP contribution in [0.5, 0.6) is 0 Å². The van der Waals surface area contributed by atoms with Crippen LogP contribution < -0.4 is 4.90 Å². The second-order valence-electron chi connectivity index (χ2n) is 7.31. The normalized spacial score (nSPS) is 14.9. The van der Waals surface area contributed by atoms with Crippen molar-refractivity contribution in [2.24, 2.45) is 0 Å². The van der Waals surface area contributed by atoms with E-state index < -0.39 is 0 Å². The molecule has 1 saturated heterocycles. The van der Waals surface area contributed by atoms with Gasteiger partial charge < -0.3 is 4.74 Å². The number of nitrogens with zero attached hydrogens (tertiary/aromatic N) is 3. The van der Waals surface area contributed by atoms with Crippen molar-refractivity contribution >= 4 is 44.4 Å². The molecule has 1 aliphatic heterocycles. The molecule has 0 atom stereocenters. The van der Waals surface area contributed by atoms with Crippen LogP contribution in [0.4, 0.5) is 5.13 Å². The lowest BCUT2D eigenvalue weighted by atomic mass is 10.2. The lowest BCUT2D eigenvalue weighted by Crippen LogP contribution is -2.43. The number of carbonyl (C=O) groups excluding carboxylic acids is 1. The Kier molecular flexibility index (Phi) is 7.04. The van der Waals surface area contributed by atoms with Crippen LogP contribution in [0.3, 0.4) is 0 Å². The van der Waals surface area contributed by atoms with E-state index in [1.54, 1.807) is 23.1 Å². The quantitative estimate of drug-likeness (QED) is 0.498. The van der Waals surface area contributed by atoms with Gasteiger partial charge in [0.25, 0.3) is 5.91 Å². The Bertz CT molecular complexity index is 1010. The molecule has 2 aromatic carbocycles. The fraction of sp³-hybridized carbons (Fsp3) is 0.391. The summed E-state index contributed by atoms with van der Waals surface area (Å²) in [5, 5.41) is 0.769. The van der Waals surface area contributed by atoms with Crippen molar-refractivity contribution in [2.45, 2.75) is 18.7 Å². The van der Waals surface area contributed by atoms with Gasteiger partial charge in [0.15, 0.2) is 5.13 Å². The van der Waals surface area contributed by atoms with E-state index in [1.807, 2.05) is 35.2 Å². The van der Waals surface area contributed by atoms with E-state index in [1.165, 1.54) is 5.56 Å². The monoisotopic (exact) mass is 441 g/mol. The van der Waals surface area contributed by atoms with Gasteiger partial charge in [0.1, 0.15) is 0 Å². The van der Waals surface area contributed by atoms with Gasteiger partial charge in [-0.15, -0.1) is 11.8 Å². The SMILES string of the molecule is CCSc1ccccc1C(=O)N(CCN1CCOCC1)c1nc2ccc(C)cc2s1. The number of hydrogen-bond acceptors (Lipinski definition) is 6. The fourth-order valence-corrected chi connectivity index (χ4v) is 5.44. The van der Waals surface area contributed by atoms with Crippen LogP contribution in [0.2, 0.25) is 0 Å². The largest absolute Gasteiger partial charge is 0.379 e. The topological polar surface area (TPSA) is 45.7 Å². The van der Waals surface area contributed by atoms with Crippen molar-refractivity contribution < 1.29 is 9.53 Å². The lowest BCUT2D eigenvalue weighted by molar-refractivity contribution is 0.0391. The third kappa shape index (κ3) is 4.86. The van der Waals surface area contributed by atoms with Crippen LogP contribution in [0.25, 0.3) is 10.2 Å². The van der Waals surface area contributed by atoms with Crippen molar-refractivity contribution in [1.82, 2.24) is 9.88 Å². The van der Waals surface area contributed by atoms with Gasteiger partial charge in [-0.2, -0.15) is 0 Å². The van der Waals surface area contributed by atoms with Crippen molar-refractivity contribution in [3.8, 4) is 0 Å². The molecule has 0 spiro atoms. The first kappa shape index (κ1) is 21.3. The Hall–Kier alpha value is -1.93. The molecule has 1 aliphatic rings. The summed E-state index contributed by atoms with van der Waals surface area (Å²) in [6, 6.07) is 14.1. The van der Waals surface area contributed by atoms with E-state index in [0.29, 0.717) is 6.54 Å². The maximum absolute atomic E-state index is 13.7. The Labute approximate surface area is 186 Å². The molecule has 0 unspecified atom stereocenters. The number of anilines is 1. The molecule has 30 heavy (non-hydrogen) atoms. The number of amides is 1. The summed E-state index contributed by atoms with van der Waals surface area (Å²) in [7, 11) is 0. The average Bonchev–Trinajstić information content (AvgIpc) is 3.18. The van der Waals surface area contributed by atoms with Crippen LogP contribution in [0.1, 0.15) is 22.8 Å². The second-order valence-corrected chi connectivity index (χ2v) is 9.62. The number of fused-ring (bicyclic) bond motifs is 1. The summed E-state index contributed by atoms with van der Waals surface area (Å²) in [4.78, 5) is 23.8. The zero-order chi connectivity index (χ0) is 20.9. The smallest absolute Gasteiger partial charge is 0.261 e. The van der Waals surface area contributed by atoms with Crippen molar-refractivity contribution in [1.29, 1.82) is 0 Å².